The van der Waals surface area contributed by atoms with E-state index >= 15 is 0 Å². The molecule has 12 heavy (non-hydrogen) atoms. The molecule has 1 saturated heterocycles. The van der Waals surface area contributed by atoms with Crippen LogP contribution >= 0.6 is 0 Å². The quantitative estimate of drug-likeness (QED) is 0.622. The summed E-state index contributed by atoms with van der Waals surface area (Å²) >= 11 is 0. The van der Waals surface area contributed by atoms with Crippen molar-refractivity contribution >= 4 is 8.07 Å². The molecule has 2 nitrogen and oxygen atoms in total. The monoisotopic (exact) mass is 187 g/mol. The van der Waals surface area contributed by atoms with Crippen molar-refractivity contribution < 1.29 is 4.74 Å². The summed E-state index contributed by atoms with van der Waals surface area (Å²) in [6.07, 6.45) is 3.05. The molecule has 1 heterocycles. The average molecular weight is 187 g/mol. The van der Waals surface area contributed by atoms with Crippen LogP contribution in [0.2, 0.25) is 19.6 Å². The van der Waals surface area contributed by atoms with Crippen molar-refractivity contribution in [2.24, 2.45) is 0 Å². The molecule has 72 valence electrons. The molecule has 1 aliphatic rings. The molecular weight excluding hydrogens is 166 g/mol. The van der Waals surface area contributed by atoms with Crippen LogP contribution in [-0.2, 0) is 4.74 Å². The zero-order chi connectivity index (χ0) is 9.19. The van der Waals surface area contributed by atoms with Gasteiger partial charge in [-0.05, 0) is 12.6 Å². The highest BCUT2D eigenvalue weighted by molar-refractivity contribution is 6.76. The summed E-state index contributed by atoms with van der Waals surface area (Å²) < 4.78 is 5.33. The van der Waals surface area contributed by atoms with Gasteiger partial charge < -0.3 is 9.64 Å². The molecule has 0 saturated carbocycles. The van der Waals surface area contributed by atoms with E-state index in [1.54, 1.807) is 0 Å². The minimum atomic E-state index is -0.894. The molecule has 0 aromatic carbocycles. The predicted molar refractivity (Wildman–Crippen MR) is 55.2 cm³/mol. The lowest BCUT2D eigenvalue weighted by Gasteiger charge is -2.24. The number of likely N-dealkylation sites (tertiary alicyclic amines) is 1. The highest BCUT2D eigenvalue weighted by atomic mass is 28.3. The molecule has 0 aliphatic carbocycles. The minimum absolute atomic E-state index is 0.501. The lowest BCUT2D eigenvalue weighted by Crippen LogP contribution is -2.39. The molecule has 1 fully saturated rings. The minimum Gasteiger partial charge on any atom is -0.380 e. The standard InChI is InChI=1S/C9H21NOSi/c1-11-9-5-6-10(7-9)8-12(2,3)4/h9H,5-8H2,1-4H3/t9-/m0/s1. The van der Waals surface area contributed by atoms with Crippen LogP contribution in [0.3, 0.4) is 0 Å². The van der Waals surface area contributed by atoms with Gasteiger partial charge in [-0.25, -0.2) is 0 Å². The Bertz CT molecular complexity index is 144. The average Bonchev–Trinajstić information content (AvgIpc) is 2.32. The molecule has 3 heteroatoms. The van der Waals surface area contributed by atoms with E-state index in [0.717, 1.165) is 6.54 Å². The second kappa shape index (κ2) is 3.90. The highest BCUT2D eigenvalue weighted by Crippen LogP contribution is 2.14. The Hall–Kier alpha value is 0.137. The van der Waals surface area contributed by atoms with Gasteiger partial charge in [-0.1, -0.05) is 19.6 Å². The van der Waals surface area contributed by atoms with Crippen molar-refractivity contribution in [3.8, 4) is 0 Å². The molecule has 1 rings (SSSR count). The third kappa shape index (κ3) is 3.25. The fraction of sp³-hybridized carbons (Fsp3) is 1.00. The molecule has 1 aliphatic heterocycles. The maximum Gasteiger partial charge on any atom is 0.0710 e. The molecule has 0 aromatic rings. The van der Waals surface area contributed by atoms with Gasteiger partial charge >= 0.3 is 0 Å². The first kappa shape index (κ1) is 10.2. The van der Waals surface area contributed by atoms with E-state index in [-0.39, 0.29) is 0 Å². The smallest absolute Gasteiger partial charge is 0.0710 e. The van der Waals surface area contributed by atoms with Crippen LogP contribution in [0.5, 0.6) is 0 Å². The Kier molecular flexibility index (Phi) is 3.32. The van der Waals surface area contributed by atoms with Crippen LogP contribution < -0.4 is 0 Å². The van der Waals surface area contributed by atoms with Crippen LogP contribution in [-0.4, -0.2) is 45.4 Å². The molecule has 0 aromatic heterocycles. The summed E-state index contributed by atoms with van der Waals surface area (Å²) in [6, 6.07) is 0. The predicted octanol–water partition coefficient (Wildman–Crippen LogP) is 1.58. The Balaban J connectivity index is 2.28. The fourth-order valence-electron chi connectivity index (χ4n) is 1.80. The molecular formula is C9H21NOSi. The fourth-order valence-corrected chi connectivity index (χ4v) is 3.43. The number of hydrogen-bond acceptors (Lipinski definition) is 2. The van der Waals surface area contributed by atoms with Crippen LogP contribution in [0.15, 0.2) is 0 Å². The van der Waals surface area contributed by atoms with Crippen LogP contribution in [0.4, 0.5) is 0 Å². The normalized spacial score (nSPS) is 26.5. The third-order valence-corrected chi connectivity index (χ3v) is 3.66. The van der Waals surface area contributed by atoms with Gasteiger partial charge in [-0.2, -0.15) is 0 Å². The van der Waals surface area contributed by atoms with E-state index in [9.17, 15) is 0 Å². The summed E-state index contributed by atoms with van der Waals surface area (Å²) in [7, 11) is 0.928. The summed E-state index contributed by atoms with van der Waals surface area (Å²) in [4.78, 5) is 2.56. The van der Waals surface area contributed by atoms with Gasteiger partial charge in [-0.3, -0.25) is 0 Å². The van der Waals surface area contributed by atoms with E-state index in [0.29, 0.717) is 6.10 Å². The van der Waals surface area contributed by atoms with E-state index in [4.69, 9.17) is 4.74 Å². The van der Waals surface area contributed by atoms with Crippen molar-refractivity contribution in [1.82, 2.24) is 4.90 Å². The van der Waals surface area contributed by atoms with Crippen LogP contribution in [0.25, 0.3) is 0 Å². The Morgan fingerprint density at radius 3 is 2.50 bits per heavy atom. The highest BCUT2D eigenvalue weighted by Gasteiger charge is 2.26. The number of hydrogen-bond donors (Lipinski definition) is 0. The van der Waals surface area contributed by atoms with Crippen molar-refractivity contribution in [2.45, 2.75) is 32.2 Å². The molecule has 0 bridgehead atoms. The van der Waals surface area contributed by atoms with Gasteiger partial charge in [0.2, 0.25) is 0 Å². The third-order valence-electron chi connectivity index (χ3n) is 2.26. The molecule has 1 atom stereocenters. The van der Waals surface area contributed by atoms with E-state index in [1.807, 2.05) is 7.11 Å². The van der Waals surface area contributed by atoms with Crippen LogP contribution in [0.1, 0.15) is 6.42 Å². The van der Waals surface area contributed by atoms with Gasteiger partial charge in [-0.15, -0.1) is 0 Å². The first-order valence-corrected chi connectivity index (χ1v) is 8.47. The Labute approximate surface area is 76.9 Å². The van der Waals surface area contributed by atoms with Crippen molar-refractivity contribution in [3.63, 3.8) is 0 Å². The van der Waals surface area contributed by atoms with Crippen molar-refractivity contribution in [3.05, 3.63) is 0 Å². The second-order valence-corrected chi connectivity index (χ2v) is 10.4. The van der Waals surface area contributed by atoms with Gasteiger partial charge in [0.25, 0.3) is 0 Å². The molecule has 0 unspecified atom stereocenters. The topological polar surface area (TPSA) is 12.5 Å². The number of rotatable bonds is 3. The summed E-state index contributed by atoms with van der Waals surface area (Å²) in [5, 5.41) is 0. The van der Waals surface area contributed by atoms with Gasteiger partial charge in [0.1, 0.15) is 0 Å². The Morgan fingerprint density at radius 2 is 2.08 bits per heavy atom. The second-order valence-electron chi connectivity index (χ2n) is 4.94. The first-order chi connectivity index (χ1) is 5.51. The molecule has 0 spiro atoms. The first-order valence-electron chi connectivity index (χ1n) is 4.76. The van der Waals surface area contributed by atoms with Crippen molar-refractivity contribution in [1.29, 1.82) is 0 Å². The van der Waals surface area contributed by atoms with Gasteiger partial charge in [0.05, 0.1) is 14.2 Å². The lowest BCUT2D eigenvalue weighted by molar-refractivity contribution is 0.110. The maximum atomic E-state index is 5.33. The zero-order valence-electron chi connectivity index (χ0n) is 8.76. The van der Waals surface area contributed by atoms with E-state index in [1.165, 1.54) is 19.1 Å². The largest absolute Gasteiger partial charge is 0.380 e. The number of methoxy groups -OCH3 is 1. The van der Waals surface area contributed by atoms with Crippen LogP contribution in [0, 0.1) is 0 Å². The zero-order valence-corrected chi connectivity index (χ0v) is 9.76. The van der Waals surface area contributed by atoms with Gasteiger partial charge in [0, 0.05) is 20.2 Å². The molecule has 0 N–H and O–H groups in total. The molecule has 0 radical (unpaired) electrons. The summed E-state index contributed by atoms with van der Waals surface area (Å²) in [5.41, 5.74) is 0. The van der Waals surface area contributed by atoms with E-state index in [2.05, 4.69) is 24.5 Å². The Morgan fingerprint density at radius 1 is 1.42 bits per heavy atom. The summed E-state index contributed by atoms with van der Waals surface area (Å²) in [5.74, 6) is 0. The number of ether oxygens (including phenoxy) is 1. The molecule has 0 amide bonds. The number of nitrogens with zero attached hydrogens (tertiary/aromatic N) is 1. The van der Waals surface area contributed by atoms with Crippen molar-refractivity contribution in [2.75, 3.05) is 26.4 Å². The maximum absolute atomic E-state index is 5.33. The van der Waals surface area contributed by atoms with Gasteiger partial charge in [0.15, 0.2) is 0 Å². The van der Waals surface area contributed by atoms with E-state index < -0.39 is 8.07 Å². The summed E-state index contributed by atoms with van der Waals surface area (Å²) in [6.45, 7) is 9.66. The SMILES string of the molecule is CO[C@H]1CCN(C[Si](C)(C)C)C1. The lowest BCUT2D eigenvalue weighted by atomic mass is 10.3.